The Hall–Kier alpha value is -1.42. The molecular weight excluding hydrogens is 204 g/mol. The van der Waals surface area contributed by atoms with Crippen molar-refractivity contribution < 1.29 is 9.53 Å². The molecule has 1 aromatic rings. The molecule has 1 saturated heterocycles. The molecule has 0 spiro atoms. The highest BCUT2D eigenvalue weighted by Crippen LogP contribution is 2.13. The monoisotopic (exact) mass is 219 g/mol. The van der Waals surface area contributed by atoms with Crippen LogP contribution in [-0.4, -0.2) is 41.1 Å². The molecule has 0 unspecified atom stereocenters. The highest BCUT2D eigenvalue weighted by Gasteiger charge is 2.26. The molecule has 4 heteroatoms. The second-order valence-corrected chi connectivity index (χ2v) is 4.14. The van der Waals surface area contributed by atoms with Crippen LogP contribution >= 0.6 is 0 Å². The van der Waals surface area contributed by atoms with Gasteiger partial charge in [0.15, 0.2) is 0 Å². The Labute approximate surface area is 95.2 Å². The lowest BCUT2D eigenvalue weighted by atomic mass is 10.2. The first-order valence-electron chi connectivity index (χ1n) is 5.43. The van der Waals surface area contributed by atoms with Crippen LogP contribution in [0.5, 0.6) is 0 Å². The molecule has 1 fully saturated rings. The molecule has 4 nitrogen and oxygen atoms in total. The number of carbonyl (C=O) groups is 1. The predicted octanol–water partition coefficient (Wildman–Crippen LogP) is 1.13. The number of amides is 1. The van der Waals surface area contributed by atoms with Gasteiger partial charge in [-0.05, 0) is 26.0 Å². The van der Waals surface area contributed by atoms with Gasteiger partial charge in [0, 0.05) is 19.3 Å². The van der Waals surface area contributed by atoms with Gasteiger partial charge in [-0.3, -0.25) is 9.78 Å². The maximum absolute atomic E-state index is 12.1. The van der Waals surface area contributed by atoms with Gasteiger partial charge in [-0.2, -0.15) is 0 Å². The van der Waals surface area contributed by atoms with E-state index in [4.69, 9.17) is 4.74 Å². The van der Waals surface area contributed by atoms with Crippen molar-refractivity contribution in [1.29, 1.82) is 0 Å². The molecule has 1 aliphatic heterocycles. The summed E-state index contributed by atoms with van der Waals surface area (Å²) in [7, 11) is 0. The maximum atomic E-state index is 12.1. The fraction of sp³-hybridized carbons (Fsp3) is 0.500. The third kappa shape index (κ3) is 2.39. The maximum Gasteiger partial charge on any atom is 0.255 e. The molecule has 0 bridgehead atoms. The number of nitrogens with zero attached hydrogens (tertiary/aromatic N) is 2. The molecule has 16 heavy (non-hydrogen) atoms. The Kier molecular flexibility index (Phi) is 3.19. The minimum absolute atomic E-state index is 0.0171. The van der Waals surface area contributed by atoms with Gasteiger partial charge in [0.1, 0.15) is 0 Å². The van der Waals surface area contributed by atoms with E-state index in [1.165, 1.54) is 0 Å². The summed E-state index contributed by atoms with van der Waals surface area (Å²) in [5, 5.41) is 0. The Morgan fingerprint density at radius 3 is 2.75 bits per heavy atom. The molecule has 85 valence electrons. The fourth-order valence-electron chi connectivity index (χ4n) is 1.97. The Bertz CT molecular complexity index is 357. The van der Waals surface area contributed by atoms with Crippen molar-refractivity contribution in [2.24, 2.45) is 0 Å². The van der Waals surface area contributed by atoms with Gasteiger partial charge in [-0.25, -0.2) is 0 Å². The second kappa shape index (κ2) is 4.61. The zero-order chi connectivity index (χ0) is 11.5. The van der Waals surface area contributed by atoms with Crippen molar-refractivity contribution in [1.82, 2.24) is 9.88 Å². The number of rotatable bonds is 1. The molecule has 0 saturated carbocycles. The van der Waals surface area contributed by atoms with Gasteiger partial charge >= 0.3 is 0 Å². The number of hydrogen-bond donors (Lipinski definition) is 0. The summed E-state index contributed by atoms with van der Waals surface area (Å²) in [4.78, 5) is 17.8. The number of aromatic nitrogens is 1. The van der Waals surface area contributed by atoms with Crippen LogP contribution in [0.15, 0.2) is 18.3 Å². The quantitative estimate of drug-likeness (QED) is 0.711. The average molecular weight is 219 g/mol. The van der Waals surface area contributed by atoms with Crippen LogP contribution in [0.2, 0.25) is 0 Å². The molecule has 1 aromatic heterocycles. The number of hydrogen-bond acceptors (Lipinski definition) is 3. The predicted molar refractivity (Wildman–Crippen MR) is 59.0 cm³/mol. The number of ether oxygens (including phenoxy) is 1. The van der Waals surface area contributed by atoms with Crippen LogP contribution in [0.3, 0.4) is 0 Å². The highest BCUT2D eigenvalue weighted by molar-refractivity contribution is 5.93. The summed E-state index contributed by atoms with van der Waals surface area (Å²) >= 11 is 0. The van der Waals surface area contributed by atoms with Crippen LogP contribution in [0.1, 0.15) is 24.2 Å². The SMILES string of the molecule is C[C@@H]1CN(C(=O)c2cc[c]nc2)C[C@H](C)O1. The average Bonchev–Trinajstić information content (AvgIpc) is 2.28. The smallest absolute Gasteiger partial charge is 0.255 e. The van der Waals surface area contributed by atoms with E-state index in [0.717, 1.165) is 0 Å². The summed E-state index contributed by atoms with van der Waals surface area (Å²) in [6, 6.07) is 3.39. The Balaban J connectivity index is 2.10. The minimum atomic E-state index is 0.0171. The van der Waals surface area contributed by atoms with Crippen LogP contribution in [-0.2, 0) is 4.74 Å². The minimum Gasteiger partial charge on any atom is -0.372 e. The first-order valence-corrected chi connectivity index (χ1v) is 5.43. The molecule has 0 aromatic carbocycles. The molecule has 1 amide bonds. The lowest BCUT2D eigenvalue weighted by Gasteiger charge is -2.35. The second-order valence-electron chi connectivity index (χ2n) is 4.14. The largest absolute Gasteiger partial charge is 0.372 e. The van der Waals surface area contributed by atoms with Gasteiger partial charge in [0.05, 0.1) is 24.0 Å². The lowest BCUT2D eigenvalue weighted by Crippen LogP contribution is -2.48. The molecular formula is C12H15N2O2. The third-order valence-electron chi connectivity index (χ3n) is 2.57. The van der Waals surface area contributed by atoms with Crippen molar-refractivity contribution in [3.05, 3.63) is 30.1 Å². The zero-order valence-corrected chi connectivity index (χ0v) is 9.51. The van der Waals surface area contributed by atoms with Gasteiger partial charge < -0.3 is 9.64 Å². The van der Waals surface area contributed by atoms with E-state index in [2.05, 4.69) is 11.2 Å². The van der Waals surface area contributed by atoms with E-state index < -0.39 is 0 Å². The summed E-state index contributed by atoms with van der Waals surface area (Å²) in [5.41, 5.74) is 0.611. The standard InChI is InChI=1S/C12H15N2O2/c1-9-7-14(8-10(2)16-9)12(15)11-4-3-5-13-6-11/h3-4,6,9-10H,7-8H2,1-2H3/t9-,10+. The van der Waals surface area contributed by atoms with E-state index in [1.807, 2.05) is 18.7 Å². The third-order valence-corrected chi connectivity index (χ3v) is 2.57. The Morgan fingerprint density at radius 2 is 2.19 bits per heavy atom. The van der Waals surface area contributed by atoms with Crippen LogP contribution in [0.4, 0.5) is 0 Å². The summed E-state index contributed by atoms with van der Waals surface area (Å²) < 4.78 is 5.59. The van der Waals surface area contributed by atoms with E-state index in [-0.39, 0.29) is 18.1 Å². The number of pyridine rings is 1. The molecule has 0 N–H and O–H groups in total. The van der Waals surface area contributed by atoms with Gasteiger partial charge in [0.25, 0.3) is 5.91 Å². The zero-order valence-electron chi connectivity index (χ0n) is 9.51. The molecule has 1 aliphatic rings. The van der Waals surface area contributed by atoms with E-state index >= 15 is 0 Å². The molecule has 2 rings (SSSR count). The van der Waals surface area contributed by atoms with Crippen molar-refractivity contribution in [3.8, 4) is 0 Å². The van der Waals surface area contributed by atoms with Crippen molar-refractivity contribution in [2.75, 3.05) is 13.1 Å². The molecule has 2 heterocycles. The van der Waals surface area contributed by atoms with E-state index in [1.54, 1.807) is 18.3 Å². The first kappa shape index (κ1) is 11.1. The van der Waals surface area contributed by atoms with Crippen LogP contribution in [0, 0.1) is 6.20 Å². The fourth-order valence-corrected chi connectivity index (χ4v) is 1.97. The summed E-state index contributed by atoms with van der Waals surface area (Å²) in [5.74, 6) is 0.0171. The Morgan fingerprint density at radius 1 is 1.50 bits per heavy atom. The highest BCUT2D eigenvalue weighted by atomic mass is 16.5. The summed E-state index contributed by atoms with van der Waals surface area (Å²) in [6.45, 7) is 5.24. The topological polar surface area (TPSA) is 42.4 Å². The summed E-state index contributed by atoms with van der Waals surface area (Å²) in [6.07, 6.45) is 4.40. The van der Waals surface area contributed by atoms with E-state index in [0.29, 0.717) is 18.7 Å². The molecule has 2 atom stereocenters. The number of carbonyl (C=O) groups excluding carboxylic acids is 1. The first-order chi connectivity index (χ1) is 7.66. The number of morpholine rings is 1. The van der Waals surface area contributed by atoms with Gasteiger partial charge in [-0.15, -0.1) is 0 Å². The molecule has 1 radical (unpaired) electrons. The van der Waals surface area contributed by atoms with Crippen LogP contribution < -0.4 is 0 Å². The van der Waals surface area contributed by atoms with Crippen molar-refractivity contribution in [3.63, 3.8) is 0 Å². The van der Waals surface area contributed by atoms with Crippen LogP contribution in [0.25, 0.3) is 0 Å². The van der Waals surface area contributed by atoms with Gasteiger partial charge in [0.2, 0.25) is 0 Å². The van der Waals surface area contributed by atoms with Gasteiger partial charge in [-0.1, -0.05) is 0 Å². The normalized spacial score (nSPS) is 25.5. The lowest BCUT2D eigenvalue weighted by molar-refractivity contribution is -0.0586. The van der Waals surface area contributed by atoms with Crippen molar-refractivity contribution in [2.45, 2.75) is 26.1 Å². The van der Waals surface area contributed by atoms with E-state index in [9.17, 15) is 4.79 Å². The van der Waals surface area contributed by atoms with Crippen molar-refractivity contribution >= 4 is 5.91 Å². The molecule has 0 aliphatic carbocycles.